The van der Waals surface area contributed by atoms with E-state index in [1.165, 1.54) is 119 Å². The summed E-state index contributed by atoms with van der Waals surface area (Å²) in [4.78, 5) is 0. The topological polar surface area (TPSA) is 9.23 Å². The molecular weight excluding hydrogens is 765 g/mol. The van der Waals surface area contributed by atoms with Crippen LogP contribution in [0.4, 0.5) is 11.4 Å². The fourth-order valence-corrected chi connectivity index (χ4v) is 11.8. The fraction of sp³-hybridized carbons (Fsp3) is 0.467. The summed E-state index contributed by atoms with van der Waals surface area (Å²) in [7, 11) is 9.55. The number of quaternary nitrogens is 2. The summed E-state index contributed by atoms with van der Waals surface area (Å²) in [5.74, 6) is 2.10. The Balaban J connectivity index is 1.27. The number of likely N-dealkylation sites (N-methyl/N-ethyl adjacent to an activating group) is 2. The van der Waals surface area contributed by atoms with Gasteiger partial charge in [0.15, 0.2) is 0 Å². The van der Waals surface area contributed by atoms with Crippen molar-refractivity contribution in [3.05, 3.63) is 156 Å². The predicted molar refractivity (Wildman–Crippen MR) is 276 cm³/mol. The molecule has 63 heavy (non-hydrogen) atoms. The van der Waals surface area contributed by atoms with Gasteiger partial charge in [-0.1, -0.05) is 152 Å². The molecule has 0 radical (unpaired) electrons. The van der Waals surface area contributed by atoms with E-state index in [4.69, 9.17) is 4.74 Å². The third-order valence-electron chi connectivity index (χ3n) is 15.2. The molecule has 334 valence electrons. The van der Waals surface area contributed by atoms with Crippen LogP contribution in [0.3, 0.4) is 0 Å². The molecule has 2 heterocycles. The molecule has 0 spiro atoms. The highest BCUT2D eigenvalue weighted by Gasteiger charge is 2.47. The highest BCUT2D eigenvalue weighted by molar-refractivity contribution is 5.93. The number of benzene rings is 4. The van der Waals surface area contributed by atoms with Gasteiger partial charge in [-0.15, -0.1) is 13.2 Å². The largest absolute Gasteiger partial charge is 0.493 e. The minimum absolute atomic E-state index is 0.0765. The number of hydrogen-bond donors (Lipinski definition) is 0. The number of unbranched alkanes of at least 4 members (excludes halogenated alkanes) is 9. The molecule has 4 aromatic rings. The smallest absolute Gasteiger partial charge is 0.141 e. The summed E-state index contributed by atoms with van der Waals surface area (Å²) >= 11 is 0. The number of fused-ring (bicyclic) bond motifs is 6. The van der Waals surface area contributed by atoms with Crippen LogP contribution < -0.4 is 8.97 Å². The van der Waals surface area contributed by atoms with E-state index >= 15 is 0 Å². The van der Waals surface area contributed by atoms with Crippen LogP contribution in [-0.4, -0.2) is 40.8 Å². The summed E-state index contributed by atoms with van der Waals surface area (Å²) in [5.41, 5.74) is 9.96. The Labute approximate surface area is 382 Å². The Morgan fingerprint density at radius 3 is 1.89 bits per heavy atom. The molecule has 3 nitrogen and oxygen atoms in total. The molecule has 7 rings (SSSR count). The summed E-state index contributed by atoms with van der Waals surface area (Å²) in [6.45, 7) is 18.9. The highest BCUT2D eigenvalue weighted by atomic mass is 16.5. The molecule has 4 atom stereocenters. The van der Waals surface area contributed by atoms with Gasteiger partial charge < -0.3 is 4.74 Å². The van der Waals surface area contributed by atoms with Gasteiger partial charge in [-0.25, -0.2) is 0 Å². The first-order valence-corrected chi connectivity index (χ1v) is 24.7. The lowest BCUT2D eigenvalue weighted by atomic mass is 9.69. The number of ether oxygens (including phenoxy) is 1. The van der Waals surface area contributed by atoms with E-state index in [0.29, 0.717) is 11.8 Å². The minimum Gasteiger partial charge on any atom is -0.493 e. The third-order valence-corrected chi connectivity index (χ3v) is 15.2. The zero-order chi connectivity index (χ0) is 44.8. The number of nitrogens with zero attached hydrogens (tertiary/aromatic N) is 2. The molecule has 3 aliphatic rings. The molecule has 3 heteroatoms. The van der Waals surface area contributed by atoms with E-state index < -0.39 is 0 Å². The van der Waals surface area contributed by atoms with Crippen molar-refractivity contribution in [1.29, 1.82) is 0 Å². The molecule has 0 saturated carbocycles. The zero-order valence-corrected chi connectivity index (χ0v) is 40.5. The van der Waals surface area contributed by atoms with Gasteiger partial charge in [0.2, 0.25) is 0 Å². The van der Waals surface area contributed by atoms with Gasteiger partial charge in [-0.2, -0.15) is 0 Å². The molecule has 4 unspecified atom stereocenters. The van der Waals surface area contributed by atoms with Gasteiger partial charge >= 0.3 is 0 Å². The van der Waals surface area contributed by atoms with Crippen LogP contribution in [0, 0.1) is 11.3 Å². The molecule has 0 saturated heterocycles. The van der Waals surface area contributed by atoms with Crippen molar-refractivity contribution in [2.75, 3.05) is 34.8 Å². The maximum absolute atomic E-state index is 7.22. The lowest BCUT2D eigenvalue weighted by molar-refractivity contribution is 0.176. The second-order valence-electron chi connectivity index (χ2n) is 21.0. The van der Waals surface area contributed by atoms with Gasteiger partial charge in [0.05, 0.1) is 46.6 Å². The third kappa shape index (κ3) is 9.67. The van der Waals surface area contributed by atoms with Crippen LogP contribution in [-0.2, 0) is 4.74 Å². The van der Waals surface area contributed by atoms with E-state index in [-0.39, 0.29) is 17.4 Å². The van der Waals surface area contributed by atoms with E-state index in [2.05, 4.69) is 178 Å². The average molecular weight is 845 g/mol. The van der Waals surface area contributed by atoms with Crippen LogP contribution in [0.2, 0.25) is 0 Å². The molecule has 4 aromatic carbocycles. The van der Waals surface area contributed by atoms with Crippen molar-refractivity contribution in [2.45, 2.75) is 135 Å². The first-order chi connectivity index (χ1) is 30.3. The van der Waals surface area contributed by atoms with Gasteiger partial charge in [0, 0.05) is 23.3 Å². The van der Waals surface area contributed by atoms with E-state index in [1.807, 2.05) is 0 Å². The summed E-state index contributed by atoms with van der Waals surface area (Å²) < 4.78 is 8.78. The maximum Gasteiger partial charge on any atom is 0.141 e. The molecule has 0 N–H and O–H groups in total. The second-order valence-corrected chi connectivity index (χ2v) is 21.0. The number of rotatable bonds is 19. The normalized spacial score (nSPS) is 23.0. The SMILES string of the molecule is C=CCC1C(=CC=C2C(OCCCCCCCCCCCC)=C(C=CC3C(CC=C)c4c(ccc5ccccc45)[N+]3(C)C)CCC2C(C)(C)C)[N+](C)(C)c2ccc3ccccc3c21. The fourth-order valence-electron chi connectivity index (χ4n) is 11.8. The molecule has 0 aromatic heterocycles. The highest BCUT2D eigenvalue weighted by Crippen LogP contribution is 2.53. The standard InChI is InChI=1S/C60H80N2O/c1-11-14-15-16-17-18-19-20-21-26-43-63-59-46(36-39-53-50(27-12-2)57-47-31-24-22-29-44(47)34-40-55(57)61(53,7)8)33-38-52(60(4,5)6)49(59)37-42-54-51(28-13-3)58-48-32-25-23-30-45(48)35-41-56(58)62(54,9)10/h12-13,22-25,29-32,34-37,39-42,50-53H,2-3,11,14-21,26-28,33,38,43H2,1,4-10H3/q+2. The Bertz CT molecular complexity index is 2380. The van der Waals surface area contributed by atoms with E-state index in [0.717, 1.165) is 53.4 Å². The van der Waals surface area contributed by atoms with Crippen molar-refractivity contribution in [2.24, 2.45) is 11.3 Å². The van der Waals surface area contributed by atoms with E-state index in [9.17, 15) is 0 Å². The van der Waals surface area contributed by atoms with Crippen LogP contribution in [0.15, 0.2) is 145 Å². The van der Waals surface area contributed by atoms with Gasteiger partial charge in [-0.3, -0.25) is 8.97 Å². The second kappa shape index (κ2) is 20.2. The lowest BCUT2D eigenvalue weighted by Gasteiger charge is -2.38. The van der Waals surface area contributed by atoms with Crippen LogP contribution in [0.25, 0.3) is 21.5 Å². The Hall–Kier alpha value is -4.44. The van der Waals surface area contributed by atoms with Crippen LogP contribution in [0.1, 0.15) is 141 Å². The monoisotopic (exact) mass is 845 g/mol. The summed E-state index contributed by atoms with van der Waals surface area (Å²) in [5, 5.41) is 5.37. The van der Waals surface area contributed by atoms with Gasteiger partial charge in [0.25, 0.3) is 0 Å². The first kappa shape index (κ1) is 46.5. The summed E-state index contributed by atoms with van der Waals surface area (Å²) in [6.07, 6.45) is 31.4. The quantitative estimate of drug-likeness (QED) is 0.0519. The lowest BCUT2D eigenvalue weighted by Crippen LogP contribution is -2.47. The van der Waals surface area contributed by atoms with Crippen LogP contribution >= 0.6 is 0 Å². The first-order valence-electron chi connectivity index (χ1n) is 24.7. The molecule has 0 amide bonds. The van der Waals surface area contributed by atoms with Crippen molar-refractivity contribution in [1.82, 2.24) is 8.97 Å². The molecule has 0 bridgehead atoms. The van der Waals surface area contributed by atoms with E-state index in [1.54, 1.807) is 0 Å². The zero-order valence-electron chi connectivity index (χ0n) is 40.5. The van der Waals surface area contributed by atoms with Crippen molar-refractivity contribution in [3.63, 3.8) is 0 Å². The number of hydrogen-bond acceptors (Lipinski definition) is 1. The molecule has 0 fully saturated rings. The molecular formula is C60H80N2O+2. The Kier molecular flexibility index (Phi) is 14.9. The Morgan fingerprint density at radius 2 is 1.27 bits per heavy atom. The minimum atomic E-state index is 0.0765. The number of allylic oxidation sites excluding steroid dienone is 8. The molecule has 2 aliphatic heterocycles. The van der Waals surface area contributed by atoms with Crippen LogP contribution in [0.5, 0.6) is 0 Å². The van der Waals surface area contributed by atoms with Gasteiger partial charge in [0.1, 0.15) is 28.9 Å². The maximum atomic E-state index is 7.22. The summed E-state index contributed by atoms with van der Waals surface area (Å²) in [6, 6.07) is 27.5. The Morgan fingerprint density at radius 1 is 0.683 bits per heavy atom. The predicted octanol–water partition coefficient (Wildman–Crippen LogP) is 16.6. The van der Waals surface area contributed by atoms with Crippen molar-refractivity contribution in [3.8, 4) is 0 Å². The molecule has 1 aliphatic carbocycles. The average Bonchev–Trinajstić information content (AvgIpc) is 3.62. The van der Waals surface area contributed by atoms with Gasteiger partial charge in [-0.05, 0) is 106 Å². The van der Waals surface area contributed by atoms with Crippen molar-refractivity contribution >= 4 is 32.9 Å². The van der Waals surface area contributed by atoms with Crippen molar-refractivity contribution < 1.29 is 4.74 Å².